The number of methoxy groups -OCH3 is 1. The number of hydrogen-bond donors (Lipinski definition) is 1. The molecule has 104 valence electrons. The molecule has 0 spiro atoms. The number of nitrogens with zero attached hydrogens (tertiary/aromatic N) is 1. The molecule has 1 aromatic heterocycles. The first-order valence-electron chi connectivity index (χ1n) is 5.91. The molecule has 0 radical (unpaired) electrons. The van der Waals surface area contributed by atoms with E-state index in [-0.39, 0.29) is 11.0 Å². The van der Waals surface area contributed by atoms with E-state index in [2.05, 4.69) is 4.98 Å². The van der Waals surface area contributed by atoms with Crippen LogP contribution in [0.2, 0.25) is 0 Å². The van der Waals surface area contributed by atoms with Crippen molar-refractivity contribution in [2.24, 2.45) is 0 Å². The molecule has 0 aliphatic carbocycles. The normalized spacial score (nSPS) is 12.1. The number of fused-ring (bicyclic) bond motifs is 1. The first-order valence-corrected chi connectivity index (χ1v) is 7.56. The van der Waals surface area contributed by atoms with E-state index < -0.39 is 9.84 Å². The van der Waals surface area contributed by atoms with Crippen LogP contribution in [0.3, 0.4) is 0 Å². The molecule has 0 fully saturated rings. The molecule has 0 atom stereocenters. The molecule has 0 unspecified atom stereocenters. The van der Waals surface area contributed by atoms with Crippen molar-refractivity contribution in [3.05, 3.63) is 18.2 Å². The Hall–Kier alpha value is -1.60. The van der Waals surface area contributed by atoms with Crippen LogP contribution >= 0.6 is 0 Å². The summed E-state index contributed by atoms with van der Waals surface area (Å²) in [5, 5.41) is -0.245. The van der Waals surface area contributed by atoms with E-state index in [0.717, 1.165) is 0 Å². The molecule has 1 heterocycles. The Bertz CT molecular complexity index is 663. The molecule has 0 saturated heterocycles. The van der Waals surface area contributed by atoms with E-state index in [1.165, 1.54) is 0 Å². The Morgan fingerprint density at radius 1 is 1.37 bits per heavy atom. The fourth-order valence-electron chi connectivity index (χ4n) is 1.68. The summed E-state index contributed by atoms with van der Waals surface area (Å²) in [7, 11) is -1.91. The molecular weight excluding hydrogens is 268 g/mol. The van der Waals surface area contributed by atoms with Crippen molar-refractivity contribution in [2.75, 3.05) is 25.2 Å². The van der Waals surface area contributed by atoms with Crippen molar-refractivity contribution >= 4 is 26.6 Å². The van der Waals surface area contributed by atoms with E-state index in [1.54, 1.807) is 25.3 Å². The van der Waals surface area contributed by atoms with Gasteiger partial charge in [0.1, 0.15) is 5.52 Å². The maximum atomic E-state index is 12.0. The van der Waals surface area contributed by atoms with Gasteiger partial charge < -0.3 is 14.9 Å². The highest BCUT2D eigenvalue weighted by atomic mass is 32.2. The van der Waals surface area contributed by atoms with E-state index in [9.17, 15) is 8.42 Å². The number of anilines is 1. The fraction of sp³-hybridized carbons (Fsp3) is 0.417. The quantitative estimate of drug-likeness (QED) is 0.639. The molecule has 2 N–H and O–H groups in total. The van der Waals surface area contributed by atoms with E-state index in [4.69, 9.17) is 14.9 Å². The van der Waals surface area contributed by atoms with Gasteiger partial charge in [0.05, 0.1) is 5.75 Å². The SMILES string of the molecule is COCCCCS(=O)(=O)c1nc2cc(N)ccc2o1. The number of sulfone groups is 1. The van der Waals surface area contributed by atoms with Gasteiger partial charge in [-0.05, 0) is 31.0 Å². The minimum atomic E-state index is -3.49. The number of ether oxygens (including phenoxy) is 1. The van der Waals surface area contributed by atoms with Gasteiger partial charge in [0, 0.05) is 19.4 Å². The van der Waals surface area contributed by atoms with Crippen molar-refractivity contribution in [3.8, 4) is 0 Å². The molecule has 19 heavy (non-hydrogen) atoms. The lowest BCUT2D eigenvalue weighted by Crippen LogP contribution is -2.08. The van der Waals surface area contributed by atoms with E-state index in [1.807, 2.05) is 0 Å². The second-order valence-corrected chi connectivity index (χ2v) is 6.21. The summed E-state index contributed by atoms with van der Waals surface area (Å²) in [6, 6.07) is 4.84. The molecule has 0 bridgehead atoms. The summed E-state index contributed by atoms with van der Waals surface area (Å²) in [5.74, 6) is -0.00133. The molecule has 0 amide bonds. The van der Waals surface area contributed by atoms with Crippen LogP contribution in [0.1, 0.15) is 12.8 Å². The zero-order chi connectivity index (χ0) is 13.9. The van der Waals surface area contributed by atoms with Gasteiger partial charge in [-0.2, -0.15) is 4.98 Å². The first-order chi connectivity index (χ1) is 9.03. The van der Waals surface area contributed by atoms with Crippen molar-refractivity contribution in [2.45, 2.75) is 18.1 Å². The molecular formula is C12H16N2O4S. The van der Waals surface area contributed by atoms with Gasteiger partial charge in [-0.25, -0.2) is 8.42 Å². The van der Waals surface area contributed by atoms with Crippen LogP contribution in [0.25, 0.3) is 11.1 Å². The van der Waals surface area contributed by atoms with Gasteiger partial charge in [-0.15, -0.1) is 0 Å². The van der Waals surface area contributed by atoms with E-state index >= 15 is 0 Å². The number of benzene rings is 1. The number of unbranched alkanes of at least 4 members (excludes halogenated alkanes) is 1. The highest BCUT2D eigenvalue weighted by Gasteiger charge is 2.21. The molecule has 1 aromatic carbocycles. The molecule has 2 aromatic rings. The summed E-state index contributed by atoms with van der Waals surface area (Å²) in [4.78, 5) is 3.98. The van der Waals surface area contributed by atoms with Gasteiger partial charge in [0.15, 0.2) is 5.58 Å². The van der Waals surface area contributed by atoms with E-state index in [0.29, 0.717) is 36.2 Å². The lowest BCUT2D eigenvalue weighted by molar-refractivity contribution is 0.194. The minimum absolute atomic E-state index is 0.00133. The molecule has 6 nitrogen and oxygen atoms in total. The fourth-order valence-corrected chi connectivity index (χ4v) is 2.90. The van der Waals surface area contributed by atoms with Crippen LogP contribution in [0, 0.1) is 0 Å². The zero-order valence-electron chi connectivity index (χ0n) is 10.6. The standard InChI is InChI=1S/C12H16N2O4S/c1-17-6-2-3-7-19(15,16)12-14-10-8-9(13)4-5-11(10)18-12/h4-5,8H,2-3,6-7,13H2,1H3. The van der Waals surface area contributed by atoms with Crippen LogP contribution in [-0.4, -0.2) is 32.9 Å². The number of nitrogen functional groups attached to an aromatic ring is 1. The van der Waals surface area contributed by atoms with Crippen molar-refractivity contribution < 1.29 is 17.6 Å². The third-order valence-corrected chi connectivity index (χ3v) is 4.20. The predicted molar refractivity (Wildman–Crippen MR) is 71.6 cm³/mol. The van der Waals surface area contributed by atoms with Crippen LogP contribution in [0.4, 0.5) is 5.69 Å². The zero-order valence-corrected chi connectivity index (χ0v) is 11.4. The Morgan fingerprint density at radius 3 is 2.89 bits per heavy atom. The molecule has 2 rings (SSSR count). The second-order valence-electron chi connectivity index (χ2n) is 4.23. The smallest absolute Gasteiger partial charge is 0.316 e. The highest BCUT2D eigenvalue weighted by molar-refractivity contribution is 7.91. The summed E-state index contributed by atoms with van der Waals surface area (Å²) in [5.41, 5.74) is 7.00. The monoisotopic (exact) mass is 284 g/mol. The van der Waals surface area contributed by atoms with Gasteiger partial charge in [-0.1, -0.05) is 0 Å². The van der Waals surface area contributed by atoms with Crippen LogP contribution in [0.15, 0.2) is 27.8 Å². The second kappa shape index (κ2) is 5.58. The van der Waals surface area contributed by atoms with Crippen molar-refractivity contribution in [3.63, 3.8) is 0 Å². The maximum absolute atomic E-state index is 12.0. The average Bonchev–Trinajstić information content (AvgIpc) is 2.78. The molecule has 7 heteroatoms. The van der Waals surface area contributed by atoms with Crippen LogP contribution in [0.5, 0.6) is 0 Å². The summed E-state index contributed by atoms with van der Waals surface area (Å²) in [6.07, 6.45) is 1.19. The highest BCUT2D eigenvalue weighted by Crippen LogP contribution is 2.22. The Balaban J connectivity index is 2.18. The first kappa shape index (κ1) is 13.8. The summed E-state index contributed by atoms with van der Waals surface area (Å²) >= 11 is 0. The van der Waals surface area contributed by atoms with Crippen molar-refractivity contribution in [1.29, 1.82) is 0 Å². The van der Waals surface area contributed by atoms with Crippen molar-refractivity contribution in [1.82, 2.24) is 4.98 Å². The summed E-state index contributed by atoms with van der Waals surface area (Å²) < 4.78 is 34.2. The molecule has 0 saturated carbocycles. The number of oxazole rings is 1. The predicted octanol–water partition coefficient (Wildman–Crippen LogP) is 1.61. The number of rotatable bonds is 6. The topological polar surface area (TPSA) is 95.4 Å². The van der Waals surface area contributed by atoms with Gasteiger partial charge in [0.2, 0.25) is 9.84 Å². The third-order valence-electron chi connectivity index (χ3n) is 2.67. The molecule has 0 aliphatic heterocycles. The Labute approximate surface area is 111 Å². The lowest BCUT2D eigenvalue weighted by Gasteiger charge is -1.99. The lowest BCUT2D eigenvalue weighted by atomic mass is 10.3. The Morgan fingerprint density at radius 2 is 2.16 bits per heavy atom. The Kier molecular flexibility index (Phi) is 4.06. The third kappa shape index (κ3) is 3.24. The summed E-state index contributed by atoms with van der Waals surface area (Å²) in [6.45, 7) is 0.541. The largest absolute Gasteiger partial charge is 0.428 e. The van der Waals surface area contributed by atoms with Crippen LogP contribution < -0.4 is 5.73 Å². The molecule has 0 aliphatic rings. The average molecular weight is 284 g/mol. The van der Waals surface area contributed by atoms with Gasteiger partial charge in [0.25, 0.3) is 0 Å². The minimum Gasteiger partial charge on any atom is -0.428 e. The number of aromatic nitrogens is 1. The van der Waals surface area contributed by atoms with Gasteiger partial charge in [-0.3, -0.25) is 0 Å². The number of nitrogens with two attached hydrogens (primary N) is 1. The number of hydrogen-bond acceptors (Lipinski definition) is 6. The van der Waals surface area contributed by atoms with Gasteiger partial charge >= 0.3 is 5.22 Å². The van der Waals surface area contributed by atoms with Crippen LogP contribution in [-0.2, 0) is 14.6 Å². The maximum Gasteiger partial charge on any atom is 0.316 e.